The number of nitrogens with zero attached hydrogens (tertiary/aromatic N) is 2. The lowest BCUT2D eigenvalue weighted by Crippen LogP contribution is -2.41. The van der Waals surface area contributed by atoms with E-state index in [2.05, 4.69) is 233 Å². The molecular weight excluding hydrogens is 862 g/mol. The van der Waals surface area contributed by atoms with Gasteiger partial charge in [-0.15, -0.1) is 0 Å². The van der Waals surface area contributed by atoms with Crippen LogP contribution in [0.2, 0.25) is 0 Å². The summed E-state index contributed by atoms with van der Waals surface area (Å²) in [5, 5.41) is 0. The minimum atomic E-state index is -0.673. The lowest BCUT2D eigenvalue weighted by atomic mass is 9.75. The van der Waals surface area contributed by atoms with Gasteiger partial charge in [-0.3, -0.25) is 0 Å². The second-order valence-corrected chi connectivity index (χ2v) is 26.4. The monoisotopic (exact) mass is 939 g/mol. The number of aromatic nitrogens is 4. The summed E-state index contributed by atoms with van der Waals surface area (Å²) in [7, 11) is -1.35. The number of rotatable bonds is 4. The molecule has 4 aliphatic heterocycles. The van der Waals surface area contributed by atoms with Crippen molar-refractivity contribution in [1.82, 2.24) is 19.9 Å². The molecule has 3 aromatic heterocycles. The van der Waals surface area contributed by atoms with Crippen molar-refractivity contribution in [1.29, 1.82) is 0 Å². The largest absolute Gasteiger partial charge is 0.497 e. The Bertz CT molecular complexity index is 2940. The Hall–Kier alpha value is -4.99. The molecule has 0 unspecified atom stereocenters. The molecule has 2 aromatic carbocycles. The highest BCUT2D eigenvalue weighted by Gasteiger charge is 2.55. The van der Waals surface area contributed by atoms with Gasteiger partial charge in [0.1, 0.15) is 0 Å². The van der Waals surface area contributed by atoms with Crippen LogP contribution in [-0.2, 0) is 40.3 Å². The first-order chi connectivity index (χ1) is 32.1. The van der Waals surface area contributed by atoms with E-state index in [0.29, 0.717) is 0 Å². The summed E-state index contributed by atoms with van der Waals surface area (Å²) < 4.78 is 27.5. The summed E-state index contributed by atoms with van der Waals surface area (Å²) in [4.78, 5) is 19.0. The van der Waals surface area contributed by atoms with E-state index in [9.17, 15) is 0 Å². The zero-order valence-electron chi connectivity index (χ0n) is 45.8. The van der Waals surface area contributed by atoms with Crippen molar-refractivity contribution in [2.45, 2.75) is 183 Å². The van der Waals surface area contributed by atoms with Crippen LogP contribution in [0.3, 0.4) is 0 Å². The van der Waals surface area contributed by atoms with Crippen LogP contribution in [0.1, 0.15) is 184 Å². The summed E-state index contributed by atoms with van der Waals surface area (Å²) in [6.07, 6.45) is 4.33. The van der Waals surface area contributed by atoms with Gasteiger partial charge in [-0.25, -0.2) is 9.97 Å². The Labute approximate surface area is 418 Å². The van der Waals surface area contributed by atoms with E-state index in [1.807, 2.05) is 0 Å². The lowest BCUT2D eigenvalue weighted by Gasteiger charge is -2.32. The number of hydrogen-bond acceptors (Lipinski definition) is 6. The van der Waals surface area contributed by atoms with Crippen molar-refractivity contribution in [2.75, 3.05) is 0 Å². The fourth-order valence-electron chi connectivity index (χ4n) is 9.44. The first kappa shape index (κ1) is 50.0. The molecule has 0 aliphatic carbocycles. The standard InChI is InChI=1S/C60H76B2N4O4/c1-53(2,3)37-25-35(26-38(29-37)54(4,5)6)51-45-23-21-41(63-45)31-47-43(61-67-57(13,14)58(15,16)68-61)33-49(65-47)52(36-27-39(55(7,8)9)30-40(28-36)56(10,11)12)50-34-44(62-69-59(17,18)60(19,20)70-62)48(66-50)32-42-22-24-46(51)64-42/h21-34,63-64H,1-20H3. The highest BCUT2D eigenvalue weighted by atomic mass is 16.7. The number of fused-ring (bicyclic) bond motifs is 8. The van der Waals surface area contributed by atoms with Crippen LogP contribution in [0.5, 0.6) is 0 Å². The maximum Gasteiger partial charge on any atom is 0.497 e. The normalized spacial score (nSPS) is 18.9. The molecule has 4 aliphatic rings. The van der Waals surface area contributed by atoms with E-state index >= 15 is 0 Å². The predicted molar refractivity (Wildman–Crippen MR) is 295 cm³/mol. The van der Waals surface area contributed by atoms with Crippen LogP contribution in [-0.4, -0.2) is 56.6 Å². The van der Waals surface area contributed by atoms with Crippen LogP contribution in [0.4, 0.5) is 0 Å². The molecule has 7 heterocycles. The molecule has 70 heavy (non-hydrogen) atoms. The summed E-state index contributed by atoms with van der Waals surface area (Å²) >= 11 is 0. The van der Waals surface area contributed by atoms with Gasteiger partial charge < -0.3 is 28.6 Å². The van der Waals surface area contributed by atoms with Gasteiger partial charge >= 0.3 is 14.2 Å². The molecule has 0 amide bonds. The fourth-order valence-corrected chi connectivity index (χ4v) is 9.44. The summed E-state index contributed by atoms with van der Waals surface area (Å²) in [6.45, 7) is 44.2. The van der Waals surface area contributed by atoms with Crippen LogP contribution in [0, 0.1) is 0 Å². The summed E-state index contributed by atoms with van der Waals surface area (Å²) in [5.41, 5.74) is 15.0. The average Bonchev–Trinajstić information content (AvgIpc) is 4.07. The molecule has 0 saturated carbocycles. The third kappa shape index (κ3) is 9.12. The zero-order chi connectivity index (χ0) is 51.1. The molecule has 8 nitrogen and oxygen atoms in total. The number of aromatic amines is 2. The first-order valence-electron chi connectivity index (χ1n) is 25.3. The fraction of sp³-hybridized carbons (Fsp3) is 0.467. The van der Waals surface area contributed by atoms with Crippen LogP contribution in [0.15, 0.2) is 72.8 Å². The molecule has 366 valence electrons. The SMILES string of the molecule is CC(C)(C)c1cc(-c2c3nc(cc4ccc([nH]4)c(-c4cc(C(C)(C)C)cc(C(C)(C)C)c4)c4ccc(cc5nc2C=C5B2OC(C)(C)C(C)(C)O2)[nH]4)C(B2OC(C)(C)C(C)(C)O2)=C3)cc(C(C)(C)C)c1. The number of nitrogens with one attached hydrogen (secondary N) is 2. The molecule has 5 aromatic rings. The first-order valence-corrected chi connectivity index (χ1v) is 25.3. The Morgan fingerprint density at radius 3 is 1.00 bits per heavy atom. The maximum absolute atomic E-state index is 6.86. The second kappa shape index (κ2) is 16.3. The highest BCUT2D eigenvalue weighted by Crippen LogP contribution is 2.47. The smallest absolute Gasteiger partial charge is 0.399 e. The zero-order valence-corrected chi connectivity index (χ0v) is 45.8. The minimum Gasteiger partial charge on any atom is -0.399 e. The molecule has 0 spiro atoms. The third-order valence-electron chi connectivity index (χ3n) is 15.6. The van der Waals surface area contributed by atoms with Gasteiger partial charge in [0.05, 0.1) is 45.2 Å². The Balaban J connectivity index is 1.43. The van der Waals surface area contributed by atoms with E-state index < -0.39 is 36.6 Å². The van der Waals surface area contributed by atoms with E-state index in [0.717, 1.165) is 78.0 Å². The van der Waals surface area contributed by atoms with Crippen LogP contribution >= 0.6 is 0 Å². The van der Waals surface area contributed by atoms with Gasteiger partial charge in [-0.1, -0.05) is 119 Å². The number of hydrogen-bond donors (Lipinski definition) is 2. The van der Waals surface area contributed by atoms with Crippen molar-refractivity contribution in [3.8, 4) is 22.3 Å². The molecule has 9 rings (SSSR count). The van der Waals surface area contributed by atoms with E-state index in [1.165, 1.54) is 22.3 Å². The van der Waals surface area contributed by atoms with E-state index in [1.54, 1.807) is 0 Å². The maximum atomic E-state index is 6.86. The van der Waals surface area contributed by atoms with Crippen molar-refractivity contribution in [3.63, 3.8) is 0 Å². The van der Waals surface area contributed by atoms with Crippen LogP contribution in [0.25, 0.3) is 67.4 Å². The van der Waals surface area contributed by atoms with Crippen LogP contribution < -0.4 is 0 Å². The lowest BCUT2D eigenvalue weighted by molar-refractivity contribution is 0.00578. The van der Waals surface area contributed by atoms with Gasteiger partial charge in [0.2, 0.25) is 0 Å². The molecular formula is C60H76B2N4O4. The number of H-pyrrole nitrogens is 2. The minimum absolute atomic E-state index is 0.0768. The van der Waals surface area contributed by atoms with Gasteiger partial charge in [0.15, 0.2) is 0 Å². The van der Waals surface area contributed by atoms with Crippen molar-refractivity contribution in [2.24, 2.45) is 0 Å². The van der Waals surface area contributed by atoms with Gasteiger partial charge in [0, 0.05) is 44.1 Å². The van der Waals surface area contributed by atoms with Crippen molar-refractivity contribution in [3.05, 3.63) is 118 Å². The Morgan fingerprint density at radius 2 is 0.700 bits per heavy atom. The summed E-state index contributed by atoms with van der Waals surface area (Å²) in [6, 6.07) is 27.1. The molecule has 10 heteroatoms. The number of benzene rings is 2. The topological polar surface area (TPSA) is 94.3 Å². The van der Waals surface area contributed by atoms with Gasteiger partial charge in [-0.05, 0) is 159 Å². The van der Waals surface area contributed by atoms with Crippen molar-refractivity contribution >= 4 is 59.4 Å². The Kier molecular flexibility index (Phi) is 11.6. The molecule has 8 bridgehead atoms. The third-order valence-corrected chi connectivity index (χ3v) is 15.6. The van der Waals surface area contributed by atoms with Gasteiger partial charge in [-0.2, -0.15) is 0 Å². The molecule has 2 N–H and O–H groups in total. The van der Waals surface area contributed by atoms with Gasteiger partial charge in [0.25, 0.3) is 0 Å². The van der Waals surface area contributed by atoms with Crippen molar-refractivity contribution < 1.29 is 18.6 Å². The van der Waals surface area contributed by atoms with E-state index in [4.69, 9.17) is 28.6 Å². The molecule has 2 fully saturated rings. The summed E-state index contributed by atoms with van der Waals surface area (Å²) in [5.74, 6) is 0. The predicted octanol–water partition coefficient (Wildman–Crippen LogP) is 15.2. The van der Waals surface area contributed by atoms with E-state index in [-0.39, 0.29) is 21.7 Å². The molecule has 0 radical (unpaired) electrons. The second-order valence-electron chi connectivity index (χ2n) is 26.4. The highest BCUT2D eigenvalue weighted by molar-refractivity contribution is 6.71. The molecule has 2 saturated heterocycles. The quantitative estimate of drug-likeness (QED) is 0.174. The Morgan fingerprint density at radius 1 is 0.400 bits per heavy atom. The molecule has 0 atom stereocenters. The average molecular weight is 939 g/mol.